The number of fused-ring (bicyclic) bond motifs is 2. The van der Waals surface area contributed by atoms with E-state index >= 15 is 0 Å². The van der Waals surface area contributed by atoms with Crippen LogP contribution in [0.5, 0.6) is 11.5 Å². The van der Waals surface area contributed by atoms with Crippen molar-refractivity contribution in [3.8, 4) is 22.8 Å². The maximum atomic E-state index is 12.9. The van der Waals surface area contributed by atoms with Crippen molar-refractivity contribution in [3.63, 3.8) is 0 Å². The number of carbonyl (C=O) groups is 2. The van der Waals surface area contributed by atoms with Crippen molar-refractivity contribution in [2.45, 2.75) is 91.1 Å². The Labute approximate surface area is 300 Å². The number of benzene rings is 2. The number of ether oxygens (including phenoxy) is 3. The number of aromatic nitrogens is 5. The van der Waals surface area contributed by atoms with Crippen molar-refractivity contribution >= 4 is 31.0 Å². The van der Waals surface area contributed by atoms with Gasteiger partial charge in [-0.05, 0) is 74.5 Å². The molecule has 1 amide bonds. The third-order valence-electron chi connectivity index (χ3n) is 8.70. The third-order valence-corrected chi connectivity index (χ3v) is 10.4. The molecule has 12 heteroatoms. The minimum atomic E-state index is -1.26. The summed E-state index contributed by atoms with van der Waals surface area (Å²) in [6.45, 7) is 14.8. The van der Waals surface area contributed by atoms with Gasteiger partial charge in [0.15, 0.2) is 5.78 Å². The van der Waals surface area contributed by atoms with Crippen LogP contribution in [0.3, 0.4) is 0 Å². The molecule has 0 unspecified atom stereocenters. The number of pyridine rings is 1. The Hall–Kier alpha value is -4.81. The number of hydrogen-bond donors (Lipinski definition) is 0. The Kier molecular flexibility index (Phi) is 10.7. The number of hydrogen-bond acceptors (Lipinski definition) is 8. The molecule has 2 aromatic carbocycles. The summed E-state index contributed by atoms with van der Waals surface area (Å²) in [4.78, 5) is 32.2. The highest BCUT2D eigenvalue weighted by Crippen LogP contribution is 2.38. The largest absolute Gasteiger partial charge is 0.457 e. The van der Waals surface area contributed by atoms with Gasteiger partial charge in [0, 0.05) is 52.1 Å². The van der Waals surface area contributed by atoms with Crippen LogP contribution in [-0.4, -0.2) is 68.1 Å². The second kappa shape index (κ2) is 15.2. The Balaban J connectivity index is 1.26. The smallest absolute Gasteiger partial charge is 0.410 e. The minimum Gasteiger partial charge on any atom is -0.457 e. The van der Waals surface area contributed by atoms with E-state index in [1.165, 1.54) is 5.56 Å². The van der Waals surface area contributed by atoms with E-state index in [1.807, 2.05) is 80.1 Å². The van der Waals surface area contributed by atoms with Crippen molar-refractivity contribution in [1.29, 1.82) is 0 Å². The molecular formula is C39H48N6O5Si. The molecule has 6 rings (SSSR count). The molecule has 268 valence electrons. The fourth-order valence-electron chi connectivity index (χ4n) is 6.00. The molecule has 1 aliphatic heterocycles. The van der Waals surface area contributed by atoms with Crippen molar-refractivity contribution < 1.29 is 23.8 Å². The van der Waals surface area contributed by atoms with Crippen LogP contribution in [0.1, 0.15) is 43.9 Å². The lowest BCUT2D eigenvalue weighted by molar-refractivity contribution is -0.119. The first-order valence-corrected chi connectivity index (χ1v) is 21.3. The monoisotopic (exact) mass is 708 g/mol. The molecule has 3 aromatic heterocycles. The number of carbonyl (C=O) groups excluding carboxylic acids is 2. The van der Waals surface area contributed by atoms with Crippen LogP contribution in [0.15, 0.2) is 73.2 Å². The van der Waals surface area contributed by atoms with Crippen LogP contribution in [0.25, 0.3) is 22.3 Å². The summed E-state index contributed by atoms with van der Waals surface area (Å²) in [5, 5.41) is 9.57. The topological polar surface area (TPSA) is 114 Å². The Morgan fingerprint density at radius 3 is 2.55 bits per heavy atom. The summed E-state index contributed by atoms with van der Waals surface area (Å²) < 4.78 is 21.9. The normalized spacial score (nSPS) is 13.3. The zero-order valence-electron chi connectivity index (χ0n) is 30.5. The van der Waals surface area contributed by atoms with E-state index in [9.17, 15) is 9.59 Å². The lowest BCUT2D eigenvalue weighted by Gasteiger charge is -2.31. The molecule has 0 bridgehead atoms. The summed E-state index contributed by atoms with van der Waals surface area (Å²) in [5.41, 5.74) is 4.84. The lowest BCUT2D eigenvalue weighted by Crippen LogP contribution is -2.39. The summed E-state index contributed by atoms with van der Waals surface area (Å²) in [5.74, 6) is 1.32. The highest BCUT2D eigenvalue weighted by atomic mass is 28.3. The van der Waals surface area contributed by atoms with Crippen LogP contribution in [0.2, 0.25) is 25.7 Å². The standard InChI is InChI=1S/C39H48N6O5Si/c1-39(2,3)50-38(47)43-19-17-29-13-15-32(22-30(29)23-43)49-35-16-18-40-37-36(35)33(25-44(37)27-48-20-21-51(4,5)6)34-26-45(42-41-34)24-31(46)14-12-28-10-8-7-9-11-28/h7-11,13,15-16,18,22,25-26H,12,14,17,19-21,23-24,27H2,1-6H3. The molecule has 0 fully saturated rings. The van der Waals surface area contributed by atoms with Gasteiger partial charge in [-0.15, -0.1) is 5.10 Å². The summed E-state index contributed by atoms with van der Waals surface area (Å²) in [6, 6.07) is 18.9. The zero-order valence-corrected chi connectivity index (χ0v) is 31.5. The third kappa shape index (κ3) is 9.50. The SMILES string of the molecule is CC(C)(C)OC(=O)N1CCc2ccc(Oc3ccnc4c3c(-c3cn(CC(=O)CCc5ccccc5)nn3)cn4COCC[Si](C)(C)C)cc2C1. The first-order valence-electron chi connectivity index (χ1n) is 17.6. The molecule has 11 nitrogen and oxygen atoms in total. The van der Waals surface area contributed by atoms with Crippen LogP contribution in [-0.2, 0) is 46.9 Å². The van der Waals surface area contributed by atoms with Gasteiger partial charge in [0.1, 0.15) is 41.7 Å². The number of Topliss-reactive ketones (excluding diaryl/α,β-unsaturated/α-hetero) is 1. The molecule has 0 N–H and O–H groups in total. The van der Waals surface area contributed by atoms with Gasteiger partial charge in [0.05, 0.1) is 11.6 Å². The summed E-state index contributed by atoms with van der Waals surface area (Å²) >= 11 is 0. The Morgan fingerprint density at radius 1 is 0.980 bits per heavy atom. The zero-order chi connectivity index (χ0) is 36.2. The van der Waals surface area contributed by atoms with Gasteiger partial charge in [-0.1, -0.05) is 61.3 Å². The van der Waals surface area contributed by atoms with Crippen molar-refractivity contribution in [2.24, 2.45) is 0 Å². The van der Waals surface area contributed by atoms with Crippen molar-refractivity contribution in [1.82, 2.24) is 29.4 Å². The van der Waals surface area contributed by atoms with Gasteiger partial charge in [0.25, 0.3) is 0 Å². The van der Waals surface area contributed by atoms with Gasteiger partial charge < -0.3 is 23.7 Å². The average Bonchev–Trinajstić information content (AvgIpc) is 3.70. The molecule has 0 spiro atoms. The highest BCUT2D eigenvalue weighted by molar-refractivity contribution is 6.76. The minimum absolute atomic E-state index is 0.0804. The van der Waals surface area contributed by atoms with Crippen LogP contribution in [0, 0.1) is 0 Å². The molecule has 51 heavy (non-hydrogen) atoms. The van der Waals surface area contributed by atoms with Crippen LogP contribution in [0.4, 0.5) is 4.79 Å². The summed E-state index contributed by atoms with van der Waals surface area (Å²) in [7, 11) is -1.26. The molecule has 0 radical (unpaired) electrons. The van der Waals surface area contributed by atoms with Gasteiger partial charge in [-0.25, -0.2) is 14.5 Å². The first-order chi connectivity index (χ1) is 24.3. The van der Waals surface area contributed by atoms with E-state index in [1.54, 1.807) is 22.0 Å². The van der Waals surface area contributed by atoms with Crippen LogP contribution < -0.4 is 4.74 Å². The molecule has 0 saturated carbocycles. The molecule has 0 saturated heterocycles. The molecule has 0 atom stereocenters. The lowest BCUT2D eigenvalue weighted by atomic mass is 10.00. The van der Waals surface area contributed by atoms with Crippen LogP contribution >= 0.6 is 0 Å². The second-order valence-corrected chi connectivity index (χ2v) is 21.0. The maximum absolute atomic E-state index is 12.9. The number of aryl methyl sites for hydroxylation is 1. The van der Waals surface area contributed by atoms with Crippen molar-refractivity contribution in [3.05, 3.63) is 89.9 Å². The highest BCUT2D eigenvalue weighted by Gasteiger charge is 2.26. The molecule has 4 heterocycles. The second-order valence-electron chi connectivity index (χ2n) is 15.4. The van der Waals surface area contributed by atoms with E-state index in [0.29, 0.717) is 62.1 Å². The Bertz CT molecular complexity index is 1990. The fraction of sp³-hybridized carbons (Fsp3) is 0.410. The van der Waals surface area contributed by atoms with Gasteiger partial charge in [0.2, 0.25) is 0 Å². The maximum Gasteiger partial charge on any atom is 0.410 e. The predicted octanol–water partition coefficient (Wildman–Crippen LogP) is 7.89. The first kappa shape index (κ1) is 36.0. The number of rotatable bonds is 13. The number of amides is 1. The van der Waals surface area contributed by atoms with E-state index in [2.05, 4.69) is 36.0 Å². The predicted molar refractivity (Wildman–Crippen MR) is 199 cm³/mol. The quantitative estimate of drug-likeness (QED) is 0.0897. The average molecular weight is 709 g/mol. The number of nitrogens with zero attached hydrogens (tertiary/aromatic N) is 6. The van der Waals surface area contributed by atoms with Gasteiger partial charge in [-0.3, -0.25) is 4.79 Å². The van der Waals surface area contributed by atoms with Gasteiger partial charge >= 0.3 is 6.09 Å². The summed E-state index contributed by atoms with van der Waals surface area (Å²) in [6.07, 6.45) is 7.02. The van der Waals surface area contributed by atoms with E-state index in [4.69, 9.17) is 19.2 Å². The van der Waals surface area contributed by atoms with Crippen molar-refractivity contribution in [2.75, 3.05) is 13.2 Å². The molecule has 1 aliphatic rings. The number of ketones is 1. The van der Waals surface area contributed by atoms with E-state index in [0.717, 1.165) is 34.5 Å². The fourth-order valence-corrected chi connectivity index (χ4v) is 6.76. The van der Waals surface area contributed by atoms with E-state index < -0.39 is 13.7 Å². The molecule has 0 aliphatic carbocycles. The Morgan fingerprint density at radius 2 is 1.78 bits per heavy atom. The molecular weight excluding hydrogens is 661 g/mol. The van der Waals surface area contributed by atoms with Gasteiger partial charge in [-0.2, -0.15) is 0 Å². The molecule has 5 aromatic rings. The van der Waals surface area contributed by atoms with E-state index in [-0.39, 0.29) is 18.4 Å².